The van der Waals surface area contributed by atoms with Gasteiger partial charge in [-0.15, -0.1) is 0 Å². The molecule has 0 unspecified atom stereocenters. The van der Waals surface area contributed by atoms with Gasteiger partial charge in [-0.25, -0.2) is 9.97 Å². The molecule has 6 heteroatoms. The standard InChI is InChI=1S/C17H16Cl2N2OS/c1-17(2)6-14-10(15(22)7-17)8-20-16(21-14)23-9-11-12(18)4-3-5-13(11)19/h3-5,8H,6-7,9H2,1-2H3. The summed E-state index contributed by atoms with van der Waals surface area (Å²) in [6, 6.07) is 5.46. The van der Waals surface area contributed by atoms with Crippen molar-refractivity contribution in [3.63, 3.8) is 0 Å². The first kappa shape index (κ1) is 16.7. The monoisotopic (exact) mass is 366 g/mol. The first-order valence-corrected chi connectivity index (χ1v) is 9.05. The number of thioether (sulfide) groups is 1. The molecule has 0 bridgehead atoms. The number of halogens is 2. The van der Waals surface area contributed by atoms with E-state index < -0.39 is 0 Å². The van der Waals surface area contributed by atoms with Crippen molar-refractivity contribution in [2.75, 3.05) is 0 Å². The van der Waals surface area contributed by atoms with E-state index in [4.69, 9.17) is 23.2 Å². The van der Waals surface area contributed by atoms with Crippen LogP contribution in [0.3, 0.4) is 0 Å². The smallest absolute Gasteiger partial charge is 0.188 e. The lowest BCUT2D eigenvalue weighted by atomic mass is 9.76. The Balaban J connectivity index is 1.82. The number of hydrogen-bond donors (Lipinski definition) is 0. The Morgan fingerprint density at radius 1 is 1.22 bits per heavy atom. The number of aromatic nitrogens is 2. The molecule has 1 aliphatic rings. The topological polar surface area (TPSA) is 42.9 Å². The fourth-order valence-electron chi connectivity index (χ4n) is 2.69. The van der Waals surface area contributed by atoms with Crippen LogP contribution in [0.2, 0.25) is 10.0 Å². The Hall–Kier alpha value is -1.10. The first-order chi connectivity index (χ1) is 10.9. The average Bonchev–Trinajstić information content (AvgIpc) is 2.45. The van der Waals surface area contributed by atoms with Crippen LogP contribution in [0.15, 0.2) is 29.6 Å². The van der Waals surface area contributed by atoms with Gasteiger partial charge in [0.15, 0.2) is 10.9 Å². The molecule has 0 saturated carbocycles. The van der Waals surface area contributed by atoms with E-state index >= 15 is 0 Å². The molecule has 0 atom stereocenters. The van der Waals surface area contributed by atoms with Gasteiger partial charge < -0.3 is 0 Å². The van der Waals surface area contributed by atoms with Gasteiger partial charge in [-0.3, -0.25) is 4.79 Å². The first-order valence-electron chi connectivity index (χ1n) is 7.30. The maximum absolute atomic E-state index is 12.2. The second-order valence-corrected chi connectivity index (χ2v) is 8.20. The van der Waals surface area contributed by atoms with Crippen LogP contribution in [0.5, 0.6) is 0 Å². The molecule has 3 nitrogen and oxygen atoms in total. The van der Waals surface area contributed by atoms with Gasteiger partial charge in [-0.1, -0.05) is 54.9 Å². The van der Waals surface area contributed by atoms with Gasteiger partial charge in [-0.05, 0) is 29.5 Å². The number of hydrogen-bond acceptors (Lipinski definition) is 4. The Bertz CT molecular complexity index is 757. The number of benzene rings is 1. The summed E-state index contributed by atoms with van der Waals surface area (Å²) in [6.45, 7) is 4.18. The van der Waals surface area contributed by atoms with Gasteiger partial charge >= 0.3 is 0 Å². The zero-order valence-corrected chi connectivity index (χ0v) is 15.2. The average molecular weight is 367 g/mol. The molecular weight excluding hydrogens is 351 g/mol. The Morgan fingerprint density at radius 2 is 1.91 bits per heavy atom. The SMILES string of the molecule is CC1(C)CC(=O)c2cnc(SCc3c(Cl)cccc3Cl)nc2C1. The molecule has 23 heavy (non-hydrogen) atoms. The van der Waals surface area contributed by atoms with E-state index in [9.17, 15) is 4.79 Å². The van der Waals surface area contributed by atoms with E-state index in [2.05, 4.69) is 23.8 Å². The zero-order valence-electron chi connectivity index (χ0n) is 12.9. The van der Waals surface area contributed by atoms with Crippen molar-refractivity contribution >= 4 is 40.7 Å². The second-order valence-electron chi connectivity index (χ2n) is 6.44. The molecule has 0 spiro atoms. The van der Waals surface area contributed by atoms with E-state index in [0.717, 1.165) is 17.7 Å². The largest absolute Gasteiger partial charge is 0.294 e. The lowest BCUT2D eigenvalue weighted by Gasteiger charge is -2.29. The number of Topliss-reactive ketones (excluding diaryl/α,β-unsaturated/α-hetero) is 1. The fraction of sp³-hybridized carbons (Fsp3) is 0.353. The van der Waals surface area contributed by atoms with Crippen molar-refractivity contribution in [2.45, 2.75) is 37.6 Å². The Labute approximate surface area is 149 Å². The molecule has 0 aliphatic heterocycles. The van der Waals surface area contributed by atoms with E-state index in [1.807, 2.05) is 18.2 Å². The maximum Gasteiger partial charge on any atom is 0.188 e. The predicted octanol–water partition coefficient (Wildman–Crippen LogP) is 5.23. The Kier molecular flexibility index (Phi) is 4.68. The molecule has 1 aromatic heterocycles. The molecule has 1 aromatic carbocycles. The van der Waals surface area contributed by atoms with Crippen molar-refractivity contribution in [1.82, 2.24) is 9.97 Å². The normalized spacial score (nSPS) is 16.3. The molecule has 0 amide bonds. The summed E-state index contributed by atoms with van der Waals surface area (Å²) in [5.74, 6) is 0.719. The summed E-state index contributed by atoms with van der Waals surface area (Å²) in [5.41, 5.74) is 2.32. The number of fused-ring (bicyclic) bond motifs is 1. The Morgan fingerprint density at radius 3 is 2.61 bits per heavy atom. The van der Waals surface area contributed by atoms with Crippen LogP contribution in [-0.2, 0) is 12.2 Å². The third-order valence-electron chi connectivity index (χ3n) is 3.84. The molecule has 1 heterocycles. The molecule has 0 saturated heterocycles. The minimum atomic E-state index is -0.0492. The number of carbonyl (C=O) groups is 1. The minimum absolute atomic E-state index is 0.0492. The zero-order chi connectivity index (χ0) is 16.6. The van der Waals surface area contributed by atoms with Crippen LogP contribution >= 0.6 is 35.0 Å². The third-order valence-corrected chi connectivity index (χ3v) is 5.43. The molecule has 3 rings (SSSR count). The quantitative estimate of drug-likeness (QED) is 0.550. The summed E-state index contributed by atoms with van der Waals surface area (Å²) >= 11 is 13.8. The van der Waals surface area contributed by atoms with Crippen LogP contribution in [0.4, 0.5) is 0 Å². The van der Waals surface area contributed by atoms with E-state index in [-0.39, 0.29) is 11.2 Å². The second kappa shape index (κ2) is 6.42. The highest BCUT2D eigenvalue weighted by molar-refractivity contribution is 7.98. The van der Waals surface area contributed by atoms with Crippen molar-refractivity contribution in [2.24, 2.45) is 5.41 Å². The molecular formula is C17H16Cl2N2OS. The summed E-state index contributed by atoms with van der Waals surface area (Å²) < 4.78 is 0. The van der Waals surface area contributed by atoms with Crippen LogP contribution < -0.4 is 0 Å². The summed E-state index contributed by atoms with van der Waals surface area (Å²) in [5, 5.41) is 1.92. The van der Waals surface area contributed by atoms with Crippen LogP contribution in [0, 0.1) is 5.41 Å². The molecule has 120 valence electrons. The fourth-order valence-corrected chi connectivity index (χ4v) is 4.26. The van der Waals surface area contributed by atoms with E-state index in [1.165, 1.54) is 11.8 Å². The lowest BCUT2D eigenvalue weighted by molar-refractivity contribution is 0.0909. The van der Waals surface area contributed by atoms with Gasteiger partial charge in [0.25, 0.3) is 0 Å². The highest BCUT2D eigenvalue weighted by Crippen LogP contribution is 2.35. The highest BCUT2D eigenvalue weighted by atomic mass is 35.5. The number of ketones is 1. The van der Waals surface area contributed by atoms with Crippen molar-refractivity contribution in [1.29, 1.82) is 0 Å². The van der Waals surface area contributed by atoms with E-state index in [1.54, 1.807) is 6.20 Å². The van der Waals surface area contributed by atoms with Gasteiger partial charge in [0.2, 0.25) is 0 Å². The molecule has 0 radical (unpaired) electrons. The van der Waals surface area contributed by atoms with Gasteiger partial charge in [0, 0.05) is 28.4 Å². The number of nitrogens with zero attached hydrogens (tertiary/aromatic N) is 2. The predicted molar refractivity (Wildman–Crippen MR) is 94.5 cm³/mol. The van der Waals surface area contributed by atoms with Gasteiger partial charge in [0.05, 0.1) is 11.3 Å². The molecule has 0 fully saturated rings. The minimum Gasteiger partial charge on any atom is -0.294 e. The van der Waals surface area contributed by atoms with Crippen molar-refractivity contribution < 1.29 is 4.79 Å². The highest BCUT2D eigenvalue weighted by Gasteiger charge is 2.32. The van der Waals surface area contributed by atoms with Crippen molar-refractivity contribution in [3.05, 3.63) is 51.3 Å². The molecule has 2 aromatic rings. The lowest BCUT2D eigenvalue weighted by Crippen LogP contribution is -2.28. The third kappa shape index (κ3) is 3.70. The number of rotatable bonds is 3. The van der Waals surface area contributed by atoms with E-state index in [0.29, 0.717) is 32.9 Å². The summed E-state index contributed by atoms with van der Waals surface area (Å²) in [6.07, 6.45) is 2.98. The van der Waals surface area contributed by atoms with Crippen molar-refractivity contribution in [3.8, 4) is 0 Å². The summed E-state index contributed by atoms with van der Waals surface area (Å²) in [7, 11) is 0. The molecule has 1 aliphatic carbocycles. The molecule has 0 N–H and O–H groups in total. The van der Waals surface area contributed by atoms with Gasteiger partial charge in [-0.2, -0.15) is 0 Å². The van der Waals surface area contributed by atoms with Crippen LogP contribution in [-0.4, -0.2) is 15.8 Å². The number of carbonyl (C=O) groups excluding carboxylic acids is 1. The van der Waals surface area contributed by atoms with Crippen LogP contribution in [0.25, 0.3) is 0 Å². The maximum atomic E-state index is 12.2. The van der Waals surface area contributed by atoms with Crippen LogP contribution in [0.1, 0.15) is 41.9 Å². The summed E-state index contributed by atoms with van der Waals surface area (Å²) in [4.78, 5) is 21.0. The van der Waals surface area contributed by atoms with Gasteiger partial charge in [0.1, 0.15) is 0 Å².